The maximum absolute atomic E-state index is 11.2. The highest BCUT2D eigenvalue weighted by Crippen LogP contribution is 2.30. The van der Waals surface area contributed by atoms with Crippen molar-refractivity contribution in [1.82, 2.24) is 0 Å². The third-order valence-electron chi connectivity index (χ3n) is 3.13. The molecule has 0 fully saturated rings. The van der Waals surface area contributed by atoms with Crippen LogP contribution in [0.4, 0.5) is 0 Å². The fraction of sp³-hybridized carbons (Fsp3) is 0.125. The maximum Gasteiger partial charge on any atom is 0.151 e. The van der Waals surface area contributed by atoms with Crippen LogP contribution in [0.2, 0.25) is 0 Å². The Balaban J connectivity index is 2.78. The van der Waals surface area contributed by atoms with E-state index in [2.05, 4.69) is 6.07 Å². The van der Waals surface area contributed by atoms with Crippen LogP contribution in [0, 0.1) is 25.2 Å². The molecule has 2 nitrogen and oxygen atoms in total. The lowest BCUT2D eigenvalue weighted by molar-refractivity contribution is 0.112. The SMILES string of the molecule is Cc1cc(C#N)c(C=O)c(C)c1-c1ccccc1. The molecule has 0 radical (unpaired) electrons. The Labute approximate surface area is 107 Å². The van der Waals surface area contributed by atoms with Crippen molar-refractivity contribution >= 4 is 6.29 Å². The van der Waals surface area contributed by atoms with Gasteiger partial charge in [0.1, 0.15) is 0 Å². The summed E-state index contributed by atoms with van der Waals surface area (Å²) in [6.07, 6.45) is 0.764. The molecule has 0 aliphatic rings. The Hall–Kier alpha value is -2.40. The van der Waals surface area contributed by atoms with E-state index in [0.717, 1.165) is 28.5 Å². The van der Waals surface area contributed by atoms with Crippen molar-refractivity contribution in [3.05, 3.63) is 58.7 Å². The molecule has 0 unspecified atom stereocenters. The number of aryl methyl sites for hydroxylation is 1. The van der Waals surface area contributed by atoms with Crippen molar-refractivity contribution in [3.8, 4) is 17.2 Å². The minimum atomic E-state index is 0.444. The Morgan fingerprint density at radius 2 is 1.83 bits per heavy atom. The topological polar surface area (TPSA) is 40.9 Å². The van der Waals surface area contributed by atoms with Gasteiger partial charge in [0, 0.05) is 5.56 Å². The molecule has 0 heterocycles. The summed E-state index contributed by atoms with van der Waals surface area (Å²) < 4.78 is 0. The van der Waals surface area contributed by atoms with Crippen LogP contribution in [0.15, 0.2) is 36.4 Å². The number of aldehydes is 1. The highest BCUT2D eigenvalue weighted by atomic mass is 16.1. The normalized spacial score (nSPS) is 9.83. The van der Waals surface area contributed by atoms with Gasteiger partial charge in [-0.2, -0.15) is 5.26 Å². The van der Waals surface area contributed by atoms with Gasteiger partial charge >= 0.3 is 0 Å². The first-order valence-corrected chi connectivity index (χ1v) is 5.74. The van der Waals surface area contributed by atoms with Crippen LogP contribution in [-0.4, -0.2) is 6.29 Å². The highest BCUT2D eigenvalue weighted by molar-refractivity contribution is 5.87. The van der Waals surface area contributed by atoms with Crippen LogP contribution < -0.4 is 0 Å². The van der Waals surface area contributed by atoms with E-state index >= 15 is 0 Å². The van der Waals surface area contributed by atoms with Crippen molar-refractivity contribution in [2.24, 2.45) is 0 Å². The Morgan fingerprint density at radius 1 is 1.17 bits per heavy atom. The summed E-state index contributed by atoms with van der Waals surface area (Å²) in [5.74, 6) is 0. The second-order valence-electron chi connectivity index (χ2n) is 4.25. The van der Waals surface area contributed by atoms with Crippen LogP contribution in [0.1, 0.15) is 27.0 Å². The molecular formula is C16H13NO. The van der Waals surface area contributed by atoms with E-state index in [9.17, 15) is 4.79 Å². The molecule has 0 saturated heterocycles. The molecule has 0 aliphatic heterocycles. The molecule has 88 valence electrons. The van der Waals surface area contributed by atoms with Gasteiger partial charge in [-0.3, -0.25) is 4.79 Å². The summed E-state index contributed by atoms with van der Waals surface area (Å²) in [5, 5.41) is 9.05. The molecule has 0 bridgehead atoms. The number of benzene rings is 2. The van der Waals surface area contributed by atoms with Gasteiger partial charge in [0.2, 0.25) is 0 Å². The van der Waals surface area contributed by atoms with Gasteiger partial charge in [-0.15, -0.1) is 0 Å². The van der Waals surface area contributed by atoms with Gasteiger partial charge in [-0.1, -0.05) is 30.3 Å². The molecular weight excluding hydrogens is 222 g/mol. The zero-order chi connectivity index (χ0) is 13.1. The average Bonchev–Trinajstić information content (AvgIpc) is 2.39. The van der Waals surface area contributed by atoms with E-state index in [1.165, 1.54) is 0 Å². The third kappa shape index (κ3) is 1.91. The molecule has 2 rings (SSSR count). The Bertz CT molecular complexity index is 636. The molecule has 0 atom stereocenters. The lowest BCUT2D eigenvalue weighted by atomic mass is 9.90. The standard InChI is InChI=1S/C16H13NO/c1-11-8-14(9-17)15(10-18)12(2)16(11)13-6-4-3-5-7-13/h3-8,10H,1-2H3. The Kier molecular flexibility index (Phi) is 3.25. The Morgan fingerprint density at radius 3 is 2.39 bits per heavy atom. The third-order valence-corrected chi connectivity index (χ3v) is 3.13. The number of carbonyl (C=O) groups excluding carboxylic acids is 1. The number of rotatable bonds is 2. The molecule has 0 N–H and O–H groups in total. The predicted octanol–water partition coefficient (Wildman–Crippen LogP) is 3.65. The second kappa shape index (κ2) is 4.85. The summed E-state index contributed by atoms with van der Waals surface area (Å²) in [5.41, 5.74) is 4.92. The summed E-state index contributed by atoms with van der Waals surface area (Å²) in [6.45, 7) is 3.85. The van der Waals surface area contributed by atoms with Gasteiger partial charge < -0.3 is 0 Å². The number of carbonyl (C=O) groups is 1. The smallest absolute Gasteiger partial charge is 0.151 e. The first-order chi connectivity index (χ1) is 8.69. The van der Waals surface area contributed by atoms with Crippen molar-refractivity contribution in [3.63, 3.8) is 0 Å². The van der Waals surface area contributed by atoms with E-state index in [-0.39, 0.29) is 0 Å². The van der Waals surface area contributed by atoms with Crippen molar-refractivity contribution in [1.29, 1.82) is 5.26 Å². The lowest BCUT2D eigenvalue weighted by Crippen LogP contribution is -1.98. The zero-order valence-electron chi connectivity index (χ0n) is 10.4. The van der Waals surface area contributed by atoms with Crippen LogP contribution in [0.3, 0.4) is 0 Å². The van der Waals surface area contributed by atoms with E-state index in [1.54, 1.807) is 6.07 Å². The van der Waals surface area contributed by atoms with Crippen LogP contribution >= 0.6 is 0 Å². The zero-order valence-corrected chi connectivity index (χ0v) is 10.4. The molecule has 0 aromatic heterocycles. The van der Waals surface area contributed by atoms with Crippen LogP contribution in [-0.2, 0) is 0 Å². The lowest BCUT2D eigenvalue weighted by Gasteiger charge is -2.13. The number of nitriles is 1. The quantitative estimate of drug-likeness (QED) is 0.745. The molecule has 2 aromatic carbocycles. The maximum atomic E-state index is 11.2. The first-order valence-electron chi connectivity index (χ1n) is 5.74. The van der Waals surface area contributed by atoms with E-state index < -0.39 is 0 Å². The van der Waals surface area contributed by atoms with Crippen LogP contribution in [0.25, 0.3) is 11.1 Å². The molecule has 0 saturated carbocycles. The molecule has 18 heavy (non-hydrogen) atoms. The minimum absolute atomic E-state index is 0.444. The van der Waals surface area contributed by atoms with E-state index in [1.807, 2.05) is 44.2 Å². The van der Waals surface area contributed by atoms with Crippen molar-refractivity contribution in [2.45, 2.75) is 13.8 Å². The fourth-order valence-corrected chi connectivity index (χ4v) is 2.29. The molecule has 0 amide bonds. The van der Waals surface area contributed by atoms with Gasteiger partial charge in [0.25, 0.3) is 0 Å². The van der Waals surface area contributed by atoms with Gasteiger partial charge in [0.05, 0.1) is 11.6 Å². The predicted molar refractivity (Wildman–Crippen MR) is 71.5 cm³/mol. The summed E-state index contributed by atoms with van der Waals surface area (Å²) in [7, 11) is 0. The van der Waals surface area contributed by atoms with Crippen LogP contribution in [0.5, 0.6) is 0 Å². The van der Waals surface area contributed by atoms with Crippen molar-refractivity contribution < 1.29 is 4.79 Å². The van der Waals surface area contributed by atoms with E-state index in [0.29, 0.717) is 11.1 Å². The summed E-state index contributed by atoms with van der Waals surface area (Å²) in [6, 6.07) is 13.8. The first kappa shape index (κ1) is 12.1. The average molecular weight is 235 g/mol. The number of hydrogen-bond donors (Lipinski definition) is 0. The summed E-state index contributed by atoms with van der Waals surface area (Å²) >= 11 is 0. The van der Waals surface area contributed by atoms with Gasteiger partial charge in [-0.25, -0.2) is 0 Å². The molecule has 2 aromatic rings. The van der Waals surface area contributed by atoms with E-state index in [4.69, 9.17) is 5.26 Å². The number of hydrogen-bond acceptors (Lipinski definition) is 2. The largest absolute Gasteiger partial charge is 0.298 e. The summed E-state index contributed by atoms with van der Waals surface area (Å²) in [4.78, 5) is 11.2. The minimum Gasteiger partial charge on any atom is -0.298 e. The van der Waals surface area contributed by atoms with Crippen molar-refractivity contribution in [2.75, 3.05) is 0 Å². The fourth-order valence-electron chi connectivity index (χ4n) is 2.29. The molecule has 0 spiro atoms. The highest BCUT2D eigenvalue weighted by Gasteiger charge is 2.13. The second-order valence-corrected chi connectivity index (χ2v) is 4.25. The number of nitrogens with zero attached hydrogens (tertiary/aromatic N) is 1. The molecule has 0 aliphatic carbocycles. The molecule has 2 heteroatoms. The van der Waals surface area contributed by atoms with Gasteiger partial charge in [-0.05, 0) is 42.2 Å². The van der Waals surface area contributed by atoms with Gasteiger partial charge in [0.15, 0.2) is 6.29 Å². The monoisotopic (exact) mass is 235 g/mol.